The van der Waals surface area contributed by atoms with Gasteiger partial charge in [-0.15, -0.1) is 0 Å². The van der Waals surface area contributed by atoms with E-state index in [0.29, 0.717) is 44.9 Å². The van der Waals surface area contributed by atoms with E-state index in [-0.39, 0.29) is 11.5 Å². The van der Waals surface area contributed by atoms with E-state index in [2.05, 4.69) is 298 Å². The third-order valence-corrected chi connectivity index (χ3v) is 18.7. The van der Waals surface area contributed by atoms with E-state index in [1.54, 1.807) is 0 Å². The van der Waals surface area contributed by atoms with Crippen LogP contribution in [0.3, 0.4) is 0 Å². The molecule has 12 aromatic rings. The van der Waals surface area contributed by atoms with Gasteiger partial charge in [-0.25, -0.2) is 0 Å². The van der Waals surface area contributed by atoms with Gasteiger partial charge in [0.05, 0.1) is 50.2 Å². The van der Waals surface area contributed by atoms with Crippen molar-refractivity contribution in [3.63, 3.8) is 0 Å². The molecule has 14 rings (SSSR count). The van der Waals surface area contributed by atoms with Crippen molar-refractivity contribution < 1.29 is 14.2 Å². The minimum absolute atomic E-state index is 0.113. The molecule has 3 unspecified atom stereocenters. The van der Waals surface area contributed by atoms with Crippen LogP contribution in [0, 0.1) is 0 Å². The molecule has 2 aliphatic carbocycles. The summed E-state index contributed by atoms with van der Waals surface area (Å²) < 4.78 is 20.8. The van der Waals surface area contributed by atoms with Crippen LogP contribution in [0.4, 0.5) is 17.1 Å². The maximum Gasteiger partial charge on any atom is 0.0869 e. The molecule has 0 aliphatic heterocycles. The van der Waals surface area contributed by atoms with Gasteiger partial charge in [-0.2, -0.15) is 0 Å². The minimum atomic E-state index is -0.113. The Labute approximate surface area is 513 Å². The van der Waals surface area contributed by atoms with Gasteiger partial charge in [0, 0.05) is 45.4 Å². The van der Waals surface area contributed by atoms with Crippen molar-refractivity contribution in [1.29, 1.82) is 0 Å². The average Bonchev–Trinajstić information content (AvgIpc) is 1.65. The lowest BCUT2D eigenvalue weighted by Crippen LogP contribution is -2.21. The van der Waals surface area contributed by atoms with Crippen molar-refractivity contribution in [3.05, 3.63) is 311 Å². The van der Waals surface area contributed by atoms with Crippen LogP contribution in [0.15, 0.2) is 261 Å². The van der Waals surface area contributed by atoms with E-state index < -0.39 is 0 Å². The quantitative estimate of drug-likeness (QED) is 0.0672. The fourth-order valence-electron chi connectivity index (χ4n) is 13.7. The van der Waals surface area contributed by atoms with Crippen LogP contribution in [0.1, 0.15) is 109 Å². The van der Waals surface area contributed by atoms with Gasteiger partial charge >= 0.3 is 0 Å². The van der Waals surface area contributed by atoms with Gasteiger partial charge in [0.1, 0.15) is 0 Å². The Morgan fingerprint density at radius 2 is 1.03 bits per heavy atom. The number of anilines is 3. The fraction of sp³-hybridized carbons (Fsp3) is 0.195. The summed E-state index contributed by atoms with van der Waals surface area (Å²) in [6.07, 6.45) is 3.42. The van der Waals surface area contributed by atoms with Crippen molar-refractivity contribution in [2.24, 2.45) is 0 Å². The Morgan fingerprint density at radius 1 is 0.471 bits per heavy atom. The Morgan fingerprint density at radius 3 is 1.75 bits per heavy atom. The number of benzene rings is 11. The van der Waals surface area contributed by atoms with Gasteiger partial charge in [-0.05, 0) is 175 Å². The molecule has 0 saturated carbocycles. The molecule has 5 heteroatoms. The van der Waals surface area contributed by atoms with Crippen LogP contribution in [0.25, 0.3) is 60.9 Å². The predicted octanol–water partition coefficient (Wildman–Crippen LogP) is 21.1. The van der Waals surface area contributed by atoms with Gasteiger partial charge in [0.15, 0.2) is 0 Å². The van der Waals surface area contributed by atoms with Gasteiger partial charge in [0.2, 0.25) is 0 Å². The number of aromatic nitrogens is 1. The third kappa shape index (κ3) is 11.2. The summed E-state index contributed by atoms with van der Waals surface area (Å²) in [6.45, 7) is 12.3. The van der Waals surface area contributed by atoms with Crippen LogP contribution in [-0.2, 0) is 45.9 Å². The number of rotatable bonds is 21. The van der Waals surface area contributed by atoms with Crippen molar-refractivity contribution in [2.75, 3.05) is 18.1 Å². The lowest BCUT2D eigenvalue weighted by Gasteiger charge is -2.29. The minimum Gasteiger partial charge on any atom is -0.374 e. The molecule has 0 spiro atoms. The zero-order chi connectivity index (χ0) is 58.8. The van der Waals surface area contributed by atoms with E-state index >= 15 is 0 Å². The monoisotopic (exact) mass is 1130 g/mol. The highest BCUT2D eigenvalue weighted by Crippen LogP contribution is 2.51. The number of hydrogen-bond donors (Lipinski definition) is 0. The molecule has 3 atom stereocenters. The molecular weight excluding hydrogens is 1060 g/mol. The summed E-state index contributed by atoms with van der Waals surface area (Å²) in [5.74, 6) is 0.927. The lowest BCUT2D eigenvalue weighted by atomic mass is 9.82. The first-order chi connectivity index (χ1) is 42.7. The molecule has 0 radical (unpaired) electrons. The van der Waals surface area contributed by atoms with E-state index in [4.69, 9.17) is 14.2 Å². The molecule has 430 valence electrons. The molecule has 0 fully saturated rings. The Kier molecular flexibility index (Phi) is 15.6. The van der Waals surface area contributed by atoms with Crippen molar-refractivity contribution in [1.82, 2.24) is 4.57 Å². The van der Waals surface area contributed by atoms with E-state index in [1.165, 1.54) is 99.7 Å². The molecule has 0 amide bonds. The number of hydrogen-bond acceptors (Lipinski definition) is 4. The second kappa shape index (κ2) is 24.3. The van der Waals surface area contributed by atoms with E-state index in [0.717, 1.165) is 47.6 Å². The molecule has 0 N–H and O–H groups in total. The summed E-state index contributed by atoms with van der Waals surface area (Å²) >= 11 is 0. The predicted molar refractivity (Wildman–Crippen MR) is 360 cm³/mol. The van der Waals surface area contributed by atoms with Crippen LogP contribution < -0.4 is 4.90 Å². The normalized spacial score (nSPS) is 14.5. The molecule has 5 nitrogen and oxygen atoms in total. The maximum atomic E-state index is 6.35. The maximum absolute atomic E-state index is 6.35. The summed E-state index contributed by atoms with van der Waals surface area (Å²) in [4.78, 5) is 2.40. The Balaban J connectivity index is 0.618. The average molecular weight is 1140 g/mol. The van der Waals surface area contributed by atoms with Gasteiger partial charge in [-0.3, -0.25) is 0 Å². The van der Waals surface area contributed by atoms with Crippen LogP contribution in [0.5, 0.6) is 0 Å². The van der Waals surface area contributed by atoms with Gasteiger partial charge in [0.25, 0.3) is 0 Å². The molecule has 0 saturated heterocycles. The van der Waals surface area contributed by atoms with Crippen LogP contribution in [0.2, 0.25) is 0 Å². The summed E-state index contributed by atoms with van der Waals surface area (Å²) in [6, 6.07) is 95.9. The van der Waals surface area contributed by atoms with Crippen molar-refractivity contribution in [3.8, 4) is 39.1 Å². The second-order valence-corrected chi connectivity index (χ2v) is 24.5. The number of nitrogens with zero attached hydrogens (tertiary/aromatic N) is 2. The standard InChI is InChI=1S/C82H74N2O3/c1-5-60(49-56(2)61-29-23-57(24-30-61)53-85-47-48-87-81-51-67-17-9-10-18-72(67)81)63-31-25-58(26-32-63)54-86-55-59-27-38-70(39-28-59)84-79-22-14-12-20-75(79)76-50-66(37-46-80(76)84)65-35-42-69(43-36-65)83(68-40-33-64(34-41-68)62-15-7-6-8-16-62)71-44-45-74-73-19-11-13-21-77(73)82(3,4)78(74)52-71/h6-46,50,52,56,60,81H,5,47-49,51,53-55H2,1-4H3. The second-order valence-electron chi connectivity index (χ2n) is 24.5. The Hall–Kier alpha value is -9.10. The molecular formula is C82H74N2O3. The van der Waals surface area contributed by atoms with E-state index in [1.807, 2.05) is 0 Å². The zero-order valence-corrected chi connectivity index (χ0v) is 50.3. The number of fused-ring (bicyclic) bond motifs is 7. The molecule has 0 bridgehead atoms. The first kappa shape index (κ1) is 55.8. The lowest BCUT2D eigenvalue weighted by molar-refractivity contribution is -0.0100. The number of ether oxygens (including phenoxy) is 3. The molecule has 11 aromatic carbocycles. The topological polar surface area (TPSA) is 35.9 Å². The molecule has 1 aromatic heterocycles. The fourth-order valence-corrected chi connectivity index (χ4v) is 13.7. The van der Waals surface area contributed by atoms with E-state index in [9.17, 15) is 0 Å². The summed E-state index contributed by atoms with van der Waals surface area (Å²) in [5.41, 5.74) is 25.9. The van der Waals surface area contributed by atoms with Crippen molar-refractivity contribution >= 4 is 38.9 Å². The molecule has 2 aliphatic rings. The summed E-state index contributed by atoms with van der Waals surface area (Å²) in [7, 11) is 0. The number of para-hydroxylation sites is 1. The third-order valence-electron chi connectivity index (χ3n) is 18.7. The SMILES string of the molecule is CCC(CC(C)c1ccc(COCCOC2Cc3ccccc32)cc1)c1ccc(COCc2ccc(-n3c4ccccc4c4cc(-c5ccc(N(c6ccc(-c7ccccc7)cc6)c6ccc7c(c6)C(C)(C)c6ccccc6-7)cc5)ccc43)cc2)cc1. The van der Waals surface area contributed by atoms with Crippen LogP contribution in [-0.4, -0.2) is 17.8 Å². The first-order valence-corrected chi connectivity index (χ1v) is 31.2. The molecule has 1 heterocycles. The van der Waals surface area contributed by atoms with Crippen molar-refractivity contribution in [2.45, 2.75) is 90.1 Å². The Bertz CT molecular complexity index is 4350. The highest BCUT2D eigenvalue weighted by molar-refractivity contribution is 6.10. The van der Waals surface area contributed by atoms with Gasteiger partial charge in [-0.1, -0.05) is 222 Å². The highest BCUT2D eigenvalue weighted by atomic mass is 16.5. The highest BCUT2D eigenvalue weighted by Gasteiger charge is 2.36. The van der Waals surface area contributed by atoms with Gasteiger partial charge < -0.3 is 23.7 Å². The zero-order valence-electron chi connectivity index (χ0n) is 50.3. The largest absolute Gasteiger partial charge is 0.374 e. The summed E-state index contributed by atoms with van der Waals surface area (Å²) in [5, 5.41) is 2.46. The molecule has 87 heavy (non-hydrogen) atoms. The smallest absolute Gasteiger partial charge is 0.0869 e. The first-order valence-electron chi connectivity index (χ1n) is 31.2. The van der Waals surface area contributed by atoms with Crippen LogP contribution >= 0.6 is 0 Å².